The lowest BCUT2D eigenvalue weighted by Crippen LogP contribution is -2.39. The fourth-order valence-electron chi connectivity index (χ4n) is 3.85. The molecular weight excluding hydrogens is 326 g/mol. The zero-order valence-electron chi connectivity index (χ0n) is 14.2. The van der Waals surface area contributed by atoms with Gasteiger partial charge in [-0.25, -0.2) is 8.78 Å². The molecular formula is C19H24F2N2O2. The molecule has 0 heterocycles. The molecule has 0 spiro atoms. The van der Waals surface area contributed by atoms with E-state index in [1.807, 2.05) is 0 Å². The van der Waals surface area contributed by atoms with E-state index >= 15 is 0 Å². The molecule has 2 amide bonds. The van der Waals surface area contributed by atoms with Gasteiger partial charge in [-0.15, -0.1) is 0 Å². The maximum Gasteiger partial charge on any atom is 0.227 e. The van der Waals surface area contributed by atoms with Crippen molar-refractivity contribution in [1.82, 2.24) is 5.32 Å². The van der Waals surface area contributed by atoms with Gasteiger partial charge in [-0.1, -0.05) is 18.9 Å². The molecule has 2 N–H and O–H groups in total. The second kappa shape index (κ2) is 7.93. The molecule has 4 nitrogen and oxygen atoms in total. The molecule has 1 aromatic carbocycles. The molecule has 2 saturated carbocycles. The average Bonchev–Trinajstić information content (AvgIpc) is 3.11. The monoisotopic (exact) mass is 350 g/mol. The van der Waals surface area contributed by atoms with E-state index in [0.29, 0.717) is 31.7 Å². The van der Waals surface area contributed by atoms with Gasteiger partial charge in [-0.05, 0) is 50.7 Å². The van der Waals surface area contributed by atoms with Crippen LogP contribution in [0.4, 0.5) is 14.5 Å². The molecule has 6 heteroatoms. The number of anilines is 1. The zero-order chi connectivity index (χ0) is 17.8. The van der Waals surface area contributed by atoms with Crippen LogP contribution in [0, 0.1) is 23.5 Å². The Morgan fingerprint density at radius 3 is 1.92 bits per heavy atom. The summed E-state index contributed by atoms with van der Waals surface area (Å²) in [6.45, 7) is 0. The van der Waals surface area contributed by atoms with Crippen molar-refractivity contribution in [3.8, 4) is 0 Å². The number of benzene rings is 1. The molecule has 3 rings (SSSR count). The Morgan fingerprint density at radius 1 is 0.840 bits per heavy atom. The summed E-state index contributed by atoms with van der Waals surface area (Å²) in [6.07, 6.45) is 6.84. The van der Waals surface area contributed by atoms with Gasteiger partial charge < -0.3 is 10.6 Å². The number of rotatable bonds is 4. The quantitative estimate of drug-likeness (QED) is 0.868. The smallest absolute Gasteiger partial charge is 0.227 e. The van der Waals surface area contributed by atoms with Crippen LogP contribution in [0.1, 0.15) is 51.4 Å². The molecule has 1 aromatic rings. The molecule has 0 atom stereocenters. The molecule has 0 radical (unpaired) electrons. The van der Waals surface area contributed by atoms with Crippen LogP contribution in [0.5, 0.6) is 0 Å². The molecule has 0 aliphatic heterocycles. The molecule has 25 heavy (non-hydrogen) atoms. The summed E-state index contributed by atoms with van der Waals surface area (Å²) in [5.74, 6) is -2.22. The number of amides is 2. The summed E-state index contributed by atoms with van der Waals surface area (Å²) < 4.78 is 27.3. The number of halogens is 2. The molecule has 0 aromatic heterocycles. The summed E-state index contributed by atoms with van der Waals surface area (Å²) in [6, 6.07) is 3.79. The van der Waals surface area contributed by atoms with Gasteiger partial charge in [0.05, 0.1) is 0 Å². The Balaban J connectivity index is 1.49. The van der Waals surface area contributed by atoms with Crippen molar-refractivity contribution in [3.05, 3.63) is 29.8 Å². The van der Waals surface area contributed by atoms with E-state index in [1.165, 1.54) is 18.9 Å². The minimum Gasteiger partial charge on any atom is -0.353 e. The fraction of sp³-hybridized carbons (Fsp3) is 0.579. The van der Waals surface area contributed by atoms with Crippen molar-refractivity contribution in [1.29, 1.82) is 0 Å². The summed E-state index contributed by atoms with van der Waals surface area (Å²) in [7, 11) is 0. The lowest BCUT2D eigenvalue weighted by molar-refractivity contribution is -0.129. The van der Waals surface area contributed by atoms with Gasteiger partial charge in [0, 0.05) is 17.9 Å². The summed E-state index contributed by atoms with van der Waals surface area (Å²) in [5, 5.41) is 5.47. The lowest BCUT2D eigenvalue weighted by Gasteiger charge is -2.28. The highest BCUT2D eigenvalue weighted by Crippen LogP contribution is 2.31. The third-order valence-electron chi connectivity index (χ3n) is 5.38. The van der Waals surface area contributed by atoms with Crippen molar-refractivity contribution < 1.29 is 18.4 Å². The Labute approximate surface area is 146 Å². The third-order valence-corrected chi connectivity index (χ3v) is 5.38. The van der Waals surface area contributed by atoms with E-state index in [9.17, 15) is 18.4 Å². The topological polar surface area (TPSA) is 58.2 Å². The van der Waals surface area contributed by atoms with Gasteiger partial charge in [0.25, 0.3) is 0 Å². The first-order chi connectivity index (χ1) is 12.0. The highest BCUT2D eigenvalue weighted by atomic mass is 19.1. The van der Waals surface area contributed by atoms with Gasteiger partial charge in [0.15, 0.2) is 0 Å². The van der Waals surface area contributed by atoms with Crippen molar-refractivity contribution in [3.63, 3.8) is 0 Å². The number of hydrogen-bond acceptors (Lipinski definition) is 2. The van der Waals surface area contributed by atoms with Crippen molar-refractivity contribution in [2.45, 2.75) is 57.4 Å². The van der Waals surface area contributed by atoms with E-state index in [0.717, 1.165) is 25.0 Å². The van der Waals surface area contributed by atoms with Gasteiger partial charge in [-0.3, -0.25) is 9.59 Å². The van der Waals surface area contributed by atoms with Gasteiger partial charge in [0.2, 0.25) is 11.8 Å². The highest BCUT2D eigenvalue weighted by molar-refractivity contribution is 5.93. The van der Waals surface area contributed by atoms with Crippen LogP contribution in [-0.2, 0) is 9.59 Å². The van der Waals surface area contributed by atoms with Crippen LogP contribution in [-0.4, -0.2) is 17.9 Å². The van der Waals surface area contributed by atoms with Crippen molar-refractivity contribution >= 4 is 17.5 Å². The zero-order valence-corrected chi connectivity index (χ0v) is 14.2. The molecule has 0 unspecified atom stereocenters. The minimum atomic E-state index is -0.780. The molecule has 2 aliphatic rings. The SMILES string of the molecule is O=C(Nc1c(F)cccc1F)C1CCC(C(=O)NC2CCCC2)CC1. The molecule has 2 fully saturated rings. The number of carbonyl (C=O) groups is 2. The second-order valence-electron chi connectivity index (χ2n) is 7.12. The van der Waals surface area contributed by atoms with E-state index in [-0.39, 0.29) is 23.7 Å². The van der Waals surface area contributed by atoms with Gasteiger partial charge >= 0.3 is 0 Å². The van der Waals surface area contributed by atoms with Crippen LogP contribution in [0.15, 0.2) is 18.2 Å². The number of carbonyl (C=O) groups excluding carboxylic acids is 2. The Morgan fingerprint density at radius 2 is 1.36 bits per heavy atom. The predicted octanol–water partition coefficient (Wildman–Crippen LogP) is 3.77. The average molecular weight is 350 g/mol. The van der Waals surface area contributed by atoms with Crippen molar-refractivity contribution in [2.75, 3.05) is 5.32 Å². The van der Waals surface area contributed by atoms with Crippen LogP contribution in [0.3, 0.4) is 0 Å². The van der Waals surface area contributed by atoms with Gasteiger partial charge in [-0.2, -0.15) is 0 Å². The number of hydrogen-bond donors (Lipinski definition) is 2. The third kappa shape index (κ3) is 4.35. The normalized spacial score (nSPS) is 24.1. The van der Waals surface area contributed by atoms with Gasteiger partial charge in [0.1, 0.15) is 17.3 Å². The predicted molar refractivity (Wildman–Crippen MR) is 90.8 cm³/mol. The summed E-state index contributed by atoms with van der Waals surface area (Å²) in [4.78, 5) is 24.6. The first kappa shape index (κ1) is 17.8. The van der Waals surface area contributed by atoms with Crippen LogP contribution >= 0.6 is 0 Å². The Bertz CT molecular complexity index is 616. The summed E-state index contributed by atoms with van der Waals surface area (Å²) >= 11 is 0. The lowest BCUT2D eigenvalue weighted by atomic mass is 9.81. The van der Waals surface area contributed by atoms with Crippen LogP contribution in [0.25, 0.3) is 0 Å². The first-order valence-electron chi connectivity index (χ1n) is 9.10. The maximum absolute atomic E-state index is 13.6. The molecule has 2 aliphatic carbocycles. The Kier molecular flexibility index (Phi) is 5.66. The first-order valence-corrected chi connectivity index (χ1v) is 9.10. The highest BCUT2D eigenvalue weighted by Gasteiger charge is 2.31. The number of para-hydroxylation sites is 1. The van der Waals surface area contributed by atoms with E-state index < -0.39 is 17.3 Å². The molecule has 0 bridgehead atoms. The Hall–Kier alpha value is -1.98. The van der Waals surface area contributed by atoms with Crippen LogP contribution < -0.4 is 10.6 Å². The maximum atomic E-state index is 13.6. The minimum absolute atomic E-state index is 0.0603. The van der Waals surface area contributed by atoms with E-state index in [1.54, 1.807) is 0 Å². The number of nitrogens with one attached hydrogen (secondary N) is 2. The van der Waals surface area contributed by atoms with E-state index in [4.69, 9.17) is 0 Å². The molecule has 136 valence electrons. The van der Waals surface area contributed by atoms with Crippen molar-refractivity contribution in [2.24, 2.45) is 11.8 Å². The largest absolute Gasteiger partial charge is 0.353 e. The second-order valence-corrected chi connectivity index (χ2v) is 7.12. The summed E-state index contributed by atoms with van der Waals surface area (Å²) in [5.41, 5.74) is -0.395. The van der Waals surface area contributed by atoms with E-state index in [2.05, 4.69) is 10.6 Å². The standard InChI is InChI=1S/C19H24F2N2O2/c20-15-6-3-7-16(21)17(15)23-19(25)13-10-8-12(9-11-13)18(24)22-14-4-1-2-5-14/h3,6-7,12-14H,1-2,4-5,8-11H2,(H,22,24)(H,23,25). The fourth-order valence-corrected chi connectivity index (χ4v) is 3.85. The van der Waals surface area contributed by atoms with Crippen LogP contribution in [0.2, 0.25) is 0 Å². The molecule has 0 saturated heterocycles.